The first-order chi connectivity index (χ1) is 12.6. The fourth-order valence-corrected chi connectivity index (χ4v) is 4.70. The first-order valence-electron chi connectivity index (χ1n) is 9.11. The molecule has 26 heavy (non-hydrogen) atoms. The Morgan fingerprint density at radius 2 is 2.12 bits per heavy atom. The van der Waals surface area contributed by atoms with Crippen molar-refractivity contribution in [3.63, 3.8) is 0 Å². The SMILES string of the molecule is CCOc1c(Br)cc([C@H]2Nc3ccc(C)cc3[C@H]3OCC[C@@H]23)cc1OC. The molecule has 0 aromatic heterocycles. The summed E-state index contributed by atoms with van der Waals surface area (Å²) in [7, 11) is 1.68. The summed E-state index contributed by atoms with van der Waals surface area (Å²) in [6, 6.07) is 11.0. The van der Waals surface area contributed by atoms with Gasteiger partial charge in [0.15, 0.2) is 11.5 Å². The summed E-state index contributed by atoms with van der Waals surface area (Å²) >= 11 is 3.66. The molecule has 3 atom stereocenters. The zero-order chi connectivity index (χ0) is 18.3. The Bertz CT molecular complexity index is 823. The van der Waals surface area contributed by atoms with E-state index in [-0.39, 0.29) is 12.1 Å². The Balaban J connectivity index is 1.76. The van der Waals surface area contributed by atoms with E-state index in [4.69, 9.17) is 14.2 Å². The van der Waals surface area contributed by atoms with Crippen molar-refractivity contribution in [2.45, 2.75) is 32.4 Å². The quantitative estimate of drug-likeness (QED) is 0.721. The topological polar surface area (TPSA) is 39.7 Å². The smallest absolute Gasteiger partial charge is 0.175 e. The van der Waals surface area contributed by atoms with E-state index in [1.165, 1.54) is 16.7 Å². The minimum atomic E-state index is 0.146. The molecule has 0 amide bonds. The van der Waals surface area contributed by atoms with E-state index in [0.29, 0.717) is 12.5 Å². The van der Waals surface area contributed by atoms with Crippen molar-refractivity contribution in [1.82, 2.24) is 0 Å². The highest BCUT2D eigenvalue weighted by molar-refractivity contribution is 9.10. The van der Waals surface area contributed by atoms with Crippen LogP contribution >= 0.6 is 15.9 Å². The Hall–Kier alpha value is -1.72. The zero-order valence-corrected chi connectivity index (χ0v) is 16.9. The third kappa shape index (κ3) is 2.97. The number of halogens is 1. The van der Waals surface area contributed by atoms with Gasteiger partial charge in [-0.25, -0.2) is 0 Å². The van der Waals surface area contributed by atoms with Gasteiger partial charge in [-0.3, -0.25) is 0 Å². The summed E-state index contributed by atoms with van der Waals surface area (Å²) in [5.74, 6) is 1.91. The van der Waals surface area contributed by atoms with Crippen molar-refractivity contribution in [2.75, 3.05) is 25.6 Å². The van der Waals surface area contributed by atoms with E-state index in [0.717, 1.165) is 34.7 Å². The number of benzene rings is 2. The summed E-state index contributed by atoms with van der Waals surface area (Å²) in [6.07, 6.45) is 1.19. The number of aryl methyl sites for hydroxylation is 1. The fraction of sp³-hybridized carbons (Fsp3) is 0.429. The molecule has 4 rings (SSSR count). The van der Waals surface area contributed by atoms with Gasteiger partial charge in [0.2, 0.25) is 0 Å². The Morgan fingerprint density at radius 1 is 1.27 bits per heavy atom. The van der Waals surface area contributed by atoms with Crippen LogP contribution in [0.15, 0.2) is 34.8 Å². The molecule has 0 aliphatic carbocycles. The molecule has 2 aromatic rings. The average molecular weight is 418 g/mol. The van der Waals surface area contributed by atoms with Crippen LogP contribution in [0.25, 0.3) is 0 Å². The van der Waals surface area contributed by atoms with Crippen molar-refractivity contribution < 1.29 is 14.2 Å². The number of anilines is 1. The van der Waals surface area contributed by atoms with Crippen LogP contribution in [0.5, 0.6) is 11.5 Å². The first-order valence-corrected chi connectivity index (χ1v) is 9.90. The molecule has 2 aliphatic heterocycles. The van der Waals surface area contributed by atoms with Crippen LogP contribution in [-0.2, 0) is 4.74 Å². The van der Waals surface area contributed by atoms with Gasteiger partial charge < -0.3 is 19.5 Å². The van der Waals surface area contributed by atoms with Gasteiger partial charge in [0.1, 0.15) is 0 Å². The second kappa shape index (κ2) is 7.12. The second-order valence-electron chi connectivity index (χ2n) is 6.92. The standard InChI is InChI=1S/C21H24BrNO3/c1-4-25-21-16(22)10-13(11-18(21)24-3)19-14-7-8-26-20(14)15-9-12(2)5-6-17(15)23-19/h5-6,9-11,14,19-20,23H,4,7-8H2,1-3H3/t14-,19+,20-/m0/s1. The molecule has 4 nitrogen and oxygen atoms in total. The number of nitrogens with one attached hydrogen (secondary N) is 1. The maximum absolute atomic E-state index is 6.13. The minimum Gasteiger partial charge on any atom is -0.493 e. The zero-order valence-electron chi connectivity index (χ0n) is 15.3. The van der Waals surface area contributed by atoms with Crippen LogP contribution < -0.4 is 14.8 Å². The summed E-state index contributed by atoms with van der Waals surface area (Å²) in [4.78, 5) is 0. The molecule has 0 saturated carbocycles. The van der Waals surface area contributed by atoms with Crippen molar-refractivity contribution in [1.29, 1.82) is 0 Å². The highest BCUT2D eigenvalue weighted by Crippen LogP contribution is 2.51. The number of methoxy groups -OCH3 is 1. The minimum absolute atomic E-state index is 0.146. The van der Waals surface area contributed by atoms with E-state index in [9.17, 15) is 0 Å². The molecule has 2 heterocycles. The van der Waals surface area contributed by atoms with Gasteiger partial charge in [-0.2, -0.15) is 0 Å². The number of hydrogen-bond acceptors (Lipinski definition) is 4. The largest absolute Gasteiger partial charge is 0.493 e. The molecule has 0 spiro atoms. The van der Waals surface area contributed by atoms with Crippen LogP contribution in [0.2, 0.25) is 0 Å². The first kappa shape index (κ1) is 17.7. The normalized spacial score (nSPS) is 23.8. The molecule has 2 aromatic carbocycles. The lowest BCUT2D eigenvalue weighted by atomic mass is 9.80. The maximum Gasteiger partial charge on any atom is 0.175 e. The van der Waals surface area contributed by atoms with Crippen molar-refractivity contribution in [3.05, 3.63) is 51.5 Å². The van der Waals surface area contributed by atoms with Gasteiger partial charge in [0, 0.05) is 23.8 Å². The van der Waals surface area contributed by atoms with Crippen LogP contribution in [0.4, 0.5) is 5.69 Å². The second-order valence-corrected chi connectivity index (χ2v) is 7.78. The van der Waals surface area contributed by atoms with Crippen molar-refractivity contribution in [2.24, 2.45) is 5.92 Å². The predicted octanol–water partition coefficient (Wildman–Crippen LogP) is 5.41. The van der Waals surface area contributed by atoms with Crippen molar-refractivity contribution in [3.8, 4) is 11.5 Å². The molecular weight excluding hydrogens is 394 g/mol. The van der Waals surface area contributed by atoms with E-state index in [1.54, 1.807) is 7.11 Å². The van der Waals surface area contributed by atoms with Gasteiger partial charge >= 0.3 is 0 Å². The molecular formula is C21H24BrNO3. The molecule has 5 heteroatoms. The maximum atomic E-state index is 6.13. The van der Waals surface area contributed by atoms with Gasteiger partial charge in [-0.05, 0) is 60.0 Å². The van der Waals surface area contributed by atoms with E-state index in [1.807, 2.05) is 6.92 Å². The summed E-state index contributed by atoms with van der Waals surface area (Å²) in [5, 5.41) is 3.74. The molecule has 0 radical (unpaired) electrons. The Kier molecular flexibility index (Phi) is 4.84. The molecule has 1 N–H and O–H groups in total. The Labute approximate surface area is 163 Å². The fourth-order valence-electron chi connectivity index (χ4n) is 4.13. The van der Waals surface area contributed by atoms with Crippen molar-refractivity contribution >= 4 is 21.6 Å². The molecule has 138 valence electrons. The molecule has 1 saturated heterocycles. The summed E-state index contributed by atoms with van der Waals surface area (Å²) in [6.45, 7) is 5.50. The van der Waals surface area contributed by atoms with Gasteiger partial charge in [0.05, 0.1) is 30.3 Å². The van der Waals surface area contributed by atoms with Crippen LogP contribution in [-0.4, -0.2) is 20.3 Å². The van der Waals surface area contributed by atoms with E-state index in [2.05, 4.69) is 58.5 Å². The third-order valence-corrected chi connectivity index (χ3v) is 5.88. The van der Waals surface area contributed by atoms with Crippen LogP contribution in [0.1, 0.15) is 42.2 Å². The number of rotatable bonds is 4. The summed E-state index contributed by atoms with van der Waals surface area (Å²) in [5.41, 5.74) is 4.89. The lowest BCUT2D eigenvalue weighted by Crippen LogP contribution is -2.29. The molecule has 0 unspecified atom stereocenters. The number of ether oxygens (including phenoxy) is 3. The van der Waals surface area contributed by atoms with E-state index < -0.39 is 0 Å². The Morgan fingerprint density at radius 3 is 2.88 bits per heavy atom. The number of hydrogen-bond donors (Lipinski definition) is 1. The number of fused-ring (bicyclic) bond motifs is 3. The highest BCUT2D eigenvalue weighted by Gasteiger charge is 2.41. The van der Waals surface area contributed by atoms with Crippen LogP contribution in [0, 0.1) is 12.8 Å². The highest BCUT2D eigenvalue weighted by atomic mass is 79.9. The van der Waals surface area contributed by atoms with Gasteiger partial charge in [0.25, 0.3) is 0 Å². The lowest BCUT2D eigenvalue weighted by Gasteiger charge is -2.37. The van der Waals surface area contributed by atoms with Crippen LogP contribution in [0.3, 0.4) is 0 Å². The average Bonchev–Trinajstić information content (AvgIpc) is 3.13. The van der Waals surface area contributed by atoms with Gasteiger partial charge in [-0.15, -0.1) is 0 Å². The third-order valence-electron chi connectivity index (χ3n) is 5.29. The predicted molar refractivity (Wildman–Crippen MR) is 106 cm³/mol. The molecule has 1 fully saturated rings. The lowest BCUT2D eigenvalue weighted by molar-refractivity contribution is 0.0828. The molecule has 0 bridgehead atoms. The van der Waals surface area contributed by atoms with E-state index >= 15 is 0 Å². The summed E-state index contributed by atoms with van der Waals surface area (Å²) < 4.78 is 18.4. The molecule has 2 aliphatic rings. The monoisotopic (exact) mass is 417 g/mol. The van der Waals surface area contributed by atoms with Gasteiger partial charge in [-0.1, -0.05) is 17.7 Å².